The van der Waals surface area contributed by atoms with Crippen molar-refractivity contribution >= 4 is 0 Å². The molecule has 0 amide bonds. The lowest BCUT2D eigenvalue weighted by molar-refractivity contribution is 0.0406. The van der Waals surface area contributed by atoms with Gasteiger partial charge in [-0.25, -0.2) is 0 Å². The topological polar surface area (TPSA) is 29.3 Å². The molecule has 1 aliphatic carbocycles. The first-order valence-corrected chi connectivity index (χ1v) is 7.77. The van der Waals surface area contributed by atoms with E-state index in [1.807, 2.05) is 0 Å². The highest BCUT2D eigenvalue weighted by Gasteiger charge is 2.39. The van der Waals surface area contributed by atoms with E-state index in [0.717, 1.165) is 24.4 Å². The highest BCUT2D eigenvalue weighted by molar-refractivity contribution is 4.93. The van der Waals surface area contributed by atoms with Crippen LogP contribution in [0.1, 0.15) is 58.8 Å². The summed E-state index contributed by atoms with van der Waals surface area (Å²) in [6.07, 6.45) is 9.80. The summed E-state index contributed by atoms with van der Waals surface area (Å²) in [7, 11) is 0. The first-order valence-electron chi connectivity index (χ1n) is 7.77. The Labute approximate surface area is 107 Å². The number of nitrogens with two attached hydrogens (primary N) is 1. The summed E-state index contributed by atoms with van der Waals surface area (Å²) in [5.41, 5.74) is 6.10. The Bertz CT molecular complexity index is 225. The van der Waals surface area contributed by atoms with Crippen molar-refractivity contribution in [1.29, 1.82) is 0 Å². The van der Waals surface area contributed by atoms with E-state index in [1.165, 1.54) is 51.5 Å². The zero-order valence-corrected chi connectivity index (χ0v) is 11.7. The summed E-state index contributed by atoms with van der Waals surface area (Å²) in [5.74, 6) is 1.80. The van der Waals surface area contributed by atoms with Crippen LogP contribution < -0.4 is 5.73 Å². The molecule has 0 spiro atoms. The molecule has 1 aliphatic heterocycles. The molecule has 0 aromatic carbocycles. The molecule has 2 N–H and O–H groups in total. The summed E-state index contributed by atoms with van der Waals surface area (Å²) in [5, 5.41) is 0. The summed E-state index contributed by atoms with van der Waals surface area (Å²) in [6.45, 7) is 6.81. The zero-order valence-electron chi connectivity index (χ0n) is 11.7. The van der Waals surface area contributed by atoms with Crippen LogP contribution in [0.4, 0.5) is 0 Å². The number of likely N-dealkylation sites (tertiary alicyclic amines) is 1. The average Bonchev–Trinajstić information content (AvgIpc) is 2.84. The molecular weight excluding hydrogens is 208 g/mol. The van der Waals surface area contributed by atoms with Crippen LogP contribution in [0.2, 0.25) is 0 Å². The molecular formula is C15H30N2. The molecule has 0 aromatic rings. The Morgan fingerprint density at radius 1 is 1.12 bits per heavy atom. The molecule has 0 bridgehead atoms. The van der Waals surface area contributed by atoms with Gasteiger partial charge in [0.1, 0.15) is 0 Å². The van der Waals surface area contributed by atoms with E-state index in [-0.39, 0.29) is 0 Å². The maximum atomic E-state index is 6.10. The molecule has 2 fully saturated rings. The van der Waals surface area contributed by atoms with Crippen LogP contribution >= 0.6 is 0 Å². The molecule has 100 valence electrons. The van der Waals surface area contributed by atoms with Crippen LogP contribution in [0.5, 0.6) is 0 Å². The van der Waals surface area contributed by atoms with Crippen molar-refractivity contribution in [3.8, 4) is 0 Å². The van der Waals surface area contributed by atoms with Crippen LogP contribution in [0, 0.1) is 11.8 Å². The van der Waals surface area contributed by atoms with Gasteiger partial charge in [-0.05, 0) is 44.1 Å². The van der Waals surface area contributed by atoms with Crippen molar-refractivity contribution in [2.24, 2.45) is 17.6 Å². The van der Waals surface area contributed by atoms with Gasteiger partial charge in [-0.3, -0.25) is 4.90 Å². The molecule has 1 saturated carbocycles. The van der Waals surface area contributed by atoms with Crippen molar-refractivity contribution < 1.29 is 0 Å². The first kappa shape index (κ1) is 13.4. The summed E-state index contributed by atoms with van der Waals surface area (Å²) in [6, 6.07) is 1.52. The largest absolute Gasteiger partial charge is 0.329 e. The highest BCUT2D eigenvalue weighted by Crippen LogP contribution is 2.39. The number of rotatable bonds is 5. The van der Waals surface area contributed by atoms with Gasteiger partial charge in [-0.1, -0.05) is 33.1 Å². The third-order valence-corrected chi connectivity index (χ3v) is 5.30. The molecule has 3 unspecified atom stereocenters. The van der Waals surface area contributed by atoms with E-state index in [9.17, 15) is 0 Å². The van der Waals surface area contributed by atoms with Gasteiger partial charge in [0.2, 0.25) is 0 Å². The van der Waals surface area contributed by atoms with Crippen LogP contribution in [0.3, 0.4) is 0 Å². The van der Waals surface area contributed by atoms with Crippen molar-refractivity contribution in [3.63, 3.8) is 0 Å². The van der Waals surface area contributed by atoms with Crippen molar-refractivity contribution in [1.82, 2.24) is 4.90 Å². The summed E-state index contributed by atoms with van der Waals surface area (Å²) < 4.78 is 0. The van der Waals surface area contributed by atoms with E-state index < -0.39 is 0 Å². The zero-order chi connectivity index (χ0) is 12.3. The highest BCUT2D eigenvalue weighted by atomic mass is 15.2. The SMILES string of the molecule is CCC(CC)C(CN)N1CCCC2CCCC21. The molecule has 17 heavy (non-hydrogen) atoms. The maximum Gasteiger partial charge on any atom is 0.0249 e. The fourth-order valence-electron chi connectivity index (χ4n) is 4.34. The second-order valence-electron chi connectivity index (χ2n) is 6.02. The quantitative estimate of drug-likeness (QED) is 0.798. The van der Waals surface area contributed by atoms with E-state index in [4.69, 9.17) is 5.73 Å². The standard InChI is InChI=1S/C15H30N2/c1-3-12(4-2)15(11-16)17-10-6-8-13-7-5-9-14(13)17/h12-15H,3-11,16H2,1-2H3. The second-order valence-corrected chi connectivity index (χ2v) is 6.02. The van der Waals surface area contributed by atoms with Gasteiger partial charge in [0, 0.05) is 18.6 Å². The fraction of sp³-hybridized carbons (Fsp3) is 1.00. The molecule has 0 radical (unpaired) electrons. The van der Waals surface area contributed by atoms with Crippen molar-refractivity contribution in [2.75, 3.05) is 13.1 Å². The molecule has 1 saturated heterocycles. The Kier molecular flexibility index (Phi) is 4.87. The van der Waals surface area contributed by atoms with E-state index in [0.29, 0.717) is 6.04 Å². The Hall–Kier alpha value is -0.0800. The molecule has 2 nitrogen and oxygen atoms in total. The number of hydrogen-bond acceptors (Lipinski definition) is 2. The average molecular weight is 238 g/mol. The van der Waals surface area contributed by atoms with E-state index in [1.54, 1.807) is 0 Å². The lowest BCUT2D eigenvalue weighted by Crippen LogP contribution is -2.54. The third-order valence-electron chi connectivity index (χ3n) is 5.30. The maximum absolute atomic E-state index is 6.10. The van der Waals surface area contributed by atoms with Gasteiger partial charge in [0.15, 0.2) is 0 Å². The number of nitrogens with zero attached hydrogens (tertiary/aromatic N) is 1. The smallest absolute Gasteiger partial charge is 0.0249 e. The molecule has 1 heterocycles. The third kappa shape index (κ3) is 2.68. The number of fused-ring (bicyclic) bond motifs is 1. The van der Waals surface area contributed by atoms with Gasteiger partial charge in [-0.15, -0.1) is 0 Å². The van der Waals surface area contributed by atoms with Crippen LogP contribution in [0.25, 0.3) is 0 Å². The van der Waals surface area contributed by atoms with E-state index in [2.05, 4.69) is 18.7 Å². The summed E-state index contributed by atoms with van der Waals surface area (Å²) in [4.78, 5) is 2.80. The normalized spacial score (nSPS) is 31.8. The first-order chi connectivity index (χ1) is 8.31. The minimum absolute atomic E-state index is 0.649. The monoisotopic (exact) mass is 238 g/mol. The van der Waals surface area contributed by atoms with Crippen molar-refractivity contribution in [2.45, 2.75) is 70.9 Å². The molecule has 3 atom stereocenters. The second kappa shape index (κ2) is 6.19. The van der Waals surface area contributed by atoms with Gasteiger partial charge in [0.05, 0.1) is 0 Å². The molecule has 2 aliphatic rings. The Morgan fingerprint density at radius 3 is 2.47 bits per heavy atom. The number of piperidine rings is 1. The van der Waals surface area contributed by atoms with Crippen molar-refractivity contribution in [3.05, 3.63) is 0 Å². The minimum Gasteiger partial charge on any atom is -0.329 e. The predicted molar refractivity (Wildman–Crippen MR) is 74.0 cm³/mol. The van der Waals surface area contributed by atoms with E-state index >= 15 is 0 Å². The number of hydrogen-bond donors (Lipinski definition) is 1. The van der Waals surface area contributed by atoms with Gasteiger partial charge >= 0.3 is 0 Å². The van der Waals surface area contributed by atoms with Crippen LogP contribution in [-0.2, 0) is 0 Å². The lowest BCUT2D eigenvalue weighted by Gasteiger charge is -2.45. The Morgan fingerprint density at radius 2 is 1.82 bits per heavy atom. The molecule has 2 rings (SSSR count). The van der Waals surface area contributed by atoms with Gasteiger partial charge in [0.25, 0.3) is 0 Å². The predicted octanol–water partition coefficient (Wildman–Crippen LogP) is 3.01. The summed E-state index contributed by atoms with van der Waals surface area (Å²) >= 11 is 0. The van der Waals surface area contributed by atoms with Gasteiger partial charge in [-0.2, -0.15) is 0 Å². The minimum atomic E-state index is 0.649. The molecule has 0 aromatic heterocycles. The lowest BCUT2D eigenvalue weighted by atomic mass is 9.86. The molecule has 2 heteroatoms. The fourth-order valence-corrected chi connectivity index (χ4v) is 4.34. The van der Waals surface area contributed by atoms with Crippen LogP contribution in [0.15, 0.2) is 0 Å². The van der Waals surface area contributed by atoms with Gasteiger partial charge < -0.3 is 5.73 Å². The van der Waals surface area contributed by atoms with Crippen LogP contribution in [-0.4, -0.2) is 30.1 Å². The Balaban J connectivity index is 2.06.